The van der Waals surface area contributed by atoms with Crippen LogP contribution in [-0.2, 0) is 4.79 Å². The maximum absolute atomic E-state index is 12.8. The van der Waals surface area contributed by atoms with Crippen molar-refractivity contribution in [3.8, 4) is 0 Å². The fourth-order valence-corrected chi connectivity index (χ4v) is 3.74. The molecule has 114 valence electrons. The van der Waals surface area contributed by atoms with Gasteiger partial charge in [0, 0.05) is 6.04 Å². The minimum atomic E-state index is -0.800. The summed E-state index contributed by atoms with van der Waals surface area (Å²) in [6.45, 7) is 4.39. The molecule has 0 spiro atoms. The molecule has 5 heteroatoms. The van der Waals surface area contributed by atoms with Gasteiger partial charge in [-0.05, 0) is 31.1 Å². The highest BCUT2D eigenvalue weighted by Gasteiger charge is 2.46. The van der Waals surface area contributed by atoms with Gasteiger partial charge in [-0.25, -0.2) is 0 Å². The molecule has 2 rings (SSSR count). The predicted octanol–water partition coefficient (Wildman–Crippen LogP) is 2.38. The maximum Gasteiger partial charge on any atom is 0.234 e. The monoisotopic (exact) mass is 281 g/mol. The molecule has 2 fully saturated rings. The molecule has 2 aliphatic rings. The first-order chi connectivity index (χ1) is 9.42. The molecule has 5 nitrogen and oxygen atoms in total. The van der Waals surface area contributed by atoms with E-state index in [1.54, 1.807) is 0 Å². The molecule has 1 atom stereocenters. The Bertz CT molecular complexity index is 398. The van der Waals surface area contributed by atoms with Crippen LogP contribution in [0, 0.1) is 10.8 Å². The second kappa shape index (κ2) is 5.62. The normalized spacial score (nSPS) is 29.1. The van der Waals surface area contributed by atoms with E-state index in [-0.39, 0.29) is 23.2 Å². The molecule has 2 saturated carbocycles. The van der Waals surface area contributed by atoms with Crippen molar-refractivity contribution < 1.29 is 10.0 Å². The number of amidine groups is 1. The highest BCUT2D eigenvalue weighted by Crippen LogP contribution is 2.40. The van der Waals surface area contributed by atoms with E-state index >= 15 is 0 Å². The molecule has 0 aromatic carbocycles. The molecule has 20 heavy (non-hydrogen) atoms. The largest absolute Gasteiger partial charge is 0.409 e. The first-order valence-corrected chi connectivity index (χ1v) is 7.71. The van der Waals surface area contributed by atoms with Crippen molar-refractivity contribution in [1.29, 1.82) is 0 Å². The Balaban J connectivity index is 2.15. The second-order valence-electron chi connectivity index (χ2n) is 7.03. The Hall–Kier alpha value is -1.26. The molecule has 0 aliphatic heterocycles. The topological polar surface area (TPSA) is 87.7 Å². The Kier molecular flexibility index (Phi) is 4.25. The van der Waals surface area contributed by atoms with Crippen LogP contribution < -0.4 is 11.1 Å². The first kappa shape index (κ1) is 15.1. The van der Waals surface area contributed by atoms with E-state index in [0.29, 0.717) is 12.8 Å². The number of hydrogen-bond acceptors (Lipinski definition) is 3. The van der Waals surface area contributed by atoms with Crippen LogP contribution in [0.1, 0.15) is 65.2 Å². The standard InChI is InChI=1S/C15H27N3O2/c1-14(2)8-6-7-11(14)17-13(19)15(12(16)18-20)9-4-3-5-10-15/h11,20H,3-10H2,1-2H3,(H2,16,18)(H,17,19). The fourth-order valence-electron chi connectivity index (χ4n) is 3.74. The van der Waals surface area contributed by atoms with Gasteiger partial charge in [0.05, 0.1) is 0 Å². The summed E-state index contributed by atoms with van der Waals surface area (Å²) in [6.07, 6.45) is 7.69. The van der Waals surface area contributed by atoms with E-state index in [9.17, 15) is 4.79 Å². The lowest BCUT2D eigenvalue weighted by atomic mass is 9.72. The van der Waals surface area contributed by atoms with Crippen molar-refractivity contribution >= 4 is 11.7 Å². The third kappa shape index (κ3) is 2.63. The van der Waals surface area contributed by atoms with E-state index < -0.39 is 5.41 Å². The smallest absolute Gasteiger partial charge is 0.234 e. The van der Waals surface area contributed by atoms with Crippen LogP contribution in [0.15, 0.2) is 5.16 Å². The van der Waals surface area contributed by atoms with Crippen LogP contribution in [-0.4, -0.2) is 23.0 Å². The molecule has 0 aromatic rings. The Morgan fingerprint density at radius 2 is 1.85 bits per heavy atom. The predicted molar refractivity (Wildman–Crippen MR) is 78.5 cm³/mol. The zero-order valence-electron chi connectivity index (χ0n) is 12.6. The van der Waals surface area contributed by atoms with Crippen LogP contribution >= 0.6 is 0 Å². The molecule has 0 heterocycles. The van der Waals surface area contributed by atoms with Crippen molar-refractivity contribution in [3.63, 3.8) is 0 Å². The third-order valence-electron chi connectivity index (χ3n) is 5.30. The van der Waals surface area contributed by atoms with E-state index in [4.69, 9.17) is 10.9 Å². The number of oxime groups is 1. The van der Waals surface area contributed by atoms with Gasteiger partial charge in [0.2, 0.25) is 5.91 Å². The van der Waals surface area contributed by atoms with Crippen LogP contribution in [0.2, 0.25) is 0 Å². The lowest BCUT2D eigenvalue weighted by Gasteiger charge is -2.37. The zero-order chi connectivity index (χ0) is 14.8. The molecule has 1 unspecified atom stereocenters. The summed E-state index contributed by atoms with van der Waals surface area (Å²) in [4.78, 5) is 12.8. The molecule has 1 amide bonds. The van der Waals surface area contributed by atoms with E-state index in [1.165, 1.54) is 0 Å². The van der Waals surface area contributed by atoms with Gasteiger partial charge in [0.25, 0.3) is 0 Å². The SMILES string of the molecule is CC1(C)CCCC1NC(=O)C1(C(N)=NO)CCCCC1. The molecular weight excluding hydrogens is 254 g/mol. The quantitative estimate of drug-likeness (QED) is 0.321. The molecule has 0 bridgehead atoms. The number of amides is 1. The van der Waals surface area contributed by atoms with Crippen molar-refractivity contribution in [3.05, 3.63) is 0 Å². The Morgan fingerprint density at radius 1 is 1.20 bits per heavy atom. The van der Waals surface area contributed by atoms with Gasteiger partial charge in [-0.3, -0.25) is 4.79 Å². The summed E-state index contributed by atoms with van der Waals surface area (Å²) in [6, 6.07) is 0.195. The van der Waals surface area contributed by atoms with Gasteiger partial charge in [0.1, 0.15) is 5.41 Å². The number of carbonyl (C=O) groups excluding carboxylic acids is 1. The average molecular weight is 281 g/mol. The Labute approximate surface area is 121 Å². The van der Waals surface area contributed by atoms with Crippen LogP contribution in [0.25, 0.3) is 0 Å². The zero-order valence-corrected chi connectivity index (χ0v) is 12.6. The lowest BCUT2D eigenvalue weighted by Crippen LogP contribution is -2.54. The van der Waals surface area contributed by atoms with E-state index in [0.717, 1.165) is 38.5 Å². The van der Waals surface area contributed by atoms with Crippen molar-refractivity contribution in [2.45, 2.75) is 71.3 Å². The second-order valence-corrected chi connectivity index (χ2v) is 7.03. The summed E-state index contributed by atoms with van der Waals surface area (Å²) in [5.74, 6) is 0.0259. The van der Waals surface area contributed by atoms with Gasteiger partial charge in [0.15, 0.2) is 5.84 Å². The number of nitrogens with zero attached hydrogens (tertiary/aromatic N) is 1. The summed E-state index contributed by atoms with van der Waals surface area (Å²) in [7, 11) is 0. The van der Waals surface area contributed by atoms with Crippen molar-refractivity contribution in [1.82, 2.24) is 5.32 Å². The highest BCUT2D eigenvalue weighted by molar-refractivity contribution is 6.06. The van der Waals surface area contributed by atoms with Gasteiger partial charge in [-0.1, -0.05) is 44.7 Å². The summed E-state index contributed by atoms with van der Waals surface area (Å²) < 4.78 is 0. The lowest BCUT2D eigenvalue weighted by molar-refractivity contribution is -0.130. The summed E-state index contributed by atoms with van der Waals surface area (Å²) in [5.41, 5.74) is 5.20. The molecule has 4 N–H and O–H groups in total. The molecule has 2 aliphatic carbocycles. The fraction of sp³-hybridized carbons (Fsp3) is 0.867. The van der Waals surface area contributed by atoms with Crippen LogP contribution in [0.5, 0.6) is 0 Å². The molecule has 0 radical (unpaired) electrons. The number of hydrogen-bond donors (Lipinski definition) is 3. The van der Waals surface area contributed by atoms with Gasteiger partial charge < -0.3 is 16.3 Å². The minimum Gasteiger partial charge on any atom is -0.409 e. The summed E-state index contributed by atoms with van der Waals surface area (Å²) >= 11 is 0. The number of carbonyl (C=O) groups is 1. The molecular formula is C15H27N3O2. The number of nitrogens with two attached hydrogens (primary N) is 1. The molecule has 0 aromatic heterocycles. The van der Waals surface area contributed by atoms with E-state index in [2.05, 4.69) is 24.3 Å². The van der Waals surface area contributed by atoms with Crippen LogP contribution in [0.3, 0.4) is 0 Å². The third-order valence-corrected chi connectivity index (χ3v) is 5.30. The first-order valence-electron chi connectivity index (χ1n) is 7.71. The average Bonchev–Trinajstić information content (AvgIpc) is 2.77. The van der Waals surface area contributed by atoms with Gasteiger partial charge in [-0.2, -0.15) is 0 Å². The maximum atomic E-state index is 12.8. The minimum absolute atomic E-state index is 0.0486. The number of rotatable bonds is 3. The Morgan fingerprint density at radius 3 is 2.35 bits per heavy atom. The van der Waals surface area contributed by atoms with Gasteiger partial charge in [-0.15, -0.1) is 0 Å². The summed E-state index contributed by atoms with van der Waals surface area (Å²) in [5, 5.41) is 15.4. The van der Waals surface area contributed by atoms with Gasteiger partial charge >= 0.3 is 0 Å². The van der Waals surface area contributed by atoms with Crippen LogP contribution in [0.4, 0.5) is 0 Å². The molecule has 0 saturated heterocycles. The number of nitrogens with one attached hydrogen (secondary N) is 1. The highest BCUT2D eigenvalue weighted by atomic mass is 16.4. The van der Waals surface area contributed by atoms with E-state index in [1.807, 2.05) is 0 Å². The van der Waals surface area contributed by atoms with Crippen molar-refractivity contribution in [2.24, 2.45) is 21.7 Å². The van der Waals surface area contributed by atoms with Crippen molar-refractivity contribution in [2.75, 3.05) is 0 Å².